The van der Waals surface area contributed by atoms with E-state index in [0.717, 1.165) is 0 Å². The smallest absolute Gasteiger partial charge is 0.422 e. The molecule has 2 aromatic rings. The van der Waals surface area contributed by atoms with Crippen LogP contribution in [-0.4, -0.2) is 38.4 Å². The second-order valence-corrected chi connectivity index (χ2v) is 5.69. The first-order valence-corrected chi connectivity index (χ1v) is 8.31. The Morgan fingerprint density at radius 3 is 2.18 bits per heavy atom. The molecule has 0 unspecified atom stereocenters. The molecule has 0 heterocycles. The van der Waals surface area contributed by atoms with E-state index in [0.29, 0.717) is 11.4 Å². The SMILES string of the molecule is CCOC(=O)N(C)c1ccc(NC(=O)c2ccc(OCC(F)(F)F)cc2)cc1. The highest BCUT2D eigenvalue weighted by Gasteiger charge is 2.28. The van der Waals surface area contributed by atoms with E-state index < -0.39 is 24.8 Å². The number of ether oxygens (including phenoxy) is 2. The standard InChI is InChI=1S/C19H19F3N2O4/c1-3-27-18(26)24(2)15-8-6-14(7-9-15)23-17(25)13-4-10-16(11-5-13)28-12-19(20,21)22/h4-11H,3,12H2,1-2H3,(H,23,25). The van der Waals surface area contributed by atoms with Gasteiger partial charge in [-0.15, -0.1) is 0 Å². The van der Waals surface area contributed by atoms with Crippen molar-refractivity contribution in [3.8, 4) is 5.75 Å². The molecular weight excluding hydrogens is 377 g/mol. The number of benzene rings is 2. The van der Waals surface area contributed by atoms with E-state index in [9.17, 15) is 22.8 Å². The van der Waals surface area contributed by atoms with E-state index in [1.165, 1.54) is 29.2 Å². The molecule has 0 aromatic heterocycles. The molecule has 0 aliphatic heterocycles. The summed E-state index contributed by atoms with van der Waals surface area (Å²) in [6.07, 6.45) is -4.92. The number of hydrogen-bond acceptors (Lipinski definition) is 4. The summed E-state index contributed by atoms with van der Waals surface area (Å²) in [7, 11) is 1.56. The molecule has 6 nitrogen and oxygen atoms in total. The van der Waals surface area contributed by atoms with Crippen LogP contribution in [0.1, 0.15) is 17.3 Å². The Bertz CT molecular complexity index is 805. The van der Waals surface area contributed by atoms with Gasteiger partial charge in [0.2, 0.25) is 0 Å². The summed E-state index contributed by atoms with van der Waals surface area (Å²) in [5.41, 5.74) is 1.33. The van der Waals surface area contributed by atoms with Crippen molar-refractivity contribution >= 4 is 23.4 Å². The van der Waals surface area contributed by atoms with Crippen molar-refractivity contribution in [3.05, 3.63) is 54.1 Å². The average Bonchev–Trinajstić information content (AvgIpc) is 2.66. The predicted octanol–water partition coefficient (Wildman–Crippen LogP) is 4.47. The van der Waals surface area contributed by atoms with Gasteiger partial charge in [0, 0.05) is 24.0 Å². The first kappa shape index (κ1) is 21.1. The van der Waals surface area contributed by atoms with Gasteiger partial charge in [-0.25, -0.2) is 4.79 Å². The van der Waals surface area contributed by atoms with Crippen molar-refractivity contribution in [2.75, 3.05) is 30.5 Å². The van der Waals surface area contributed by atoms with Gasteiger partial charge in [-0.05, 0) is 55.5 Å². The molecule has 0 radical (unpaired) electrons. The molecule has 2 rings (SSSR count). The van der Waals surface area contributed by atoms with Crippen LogP contribution >= 0.6 is 0 Å². The zero-order valence-electron chi connectivity index (χ0n) is 15.2. The third-order valence-electron chi connectivity index (χ3n) is 3.57. The fourth-order valence-electron chi connectivity index (χ4n) is 2.17. The number of carbonyl (C=O) groups is 2. The Kier molecular flexibility index (Phi) is 6.86. The lowest BCUT2D eigenvalue weighted by atomic mass is 10.2. The van der Waals surface area contributed by atoms with Gasteiger partial charge in [0.25, 0.3) is 5.91 Å². The third-order valence-corrected chi connectivity index (χ3v) is 3.57. The van der Waals surface area contributed by atoms with Crippen molar-refractivity contribution in [2.45, 2.75) is 13.1 Å². The predicted molar refractivity (Wildman–Crippen MR) is 97.8 cm³/mol. The van der Waals surface area contributed by atoms with Crippen molar-refractivity contribution in [1.29, 1.82) is 0 Å². The minimum atomic E-state index is -4.43. The lowest BCUT2D eigenvalue weighted by Crippen LogP contribution is -2.26. The molecule has 2 amide bonds. The van der Waals surface area contributed by atoms with Crippen LogP contribution in [0, 0.1) is 0 Å². The van der Waals surface area contributed by atoms with Gasteiger partial charge < -0.3 is 14.8 Å². The van der Waals surface area contributed by atoms with Gasteiger partial charge in [-0.1, -0.05) is 0 Å². The van der Waals surface area contributed by atoms with Crippen LogP contribution in [0.2, 0.25) is 0 Å². The maximum atomic E-state index is 12.2. The molecule has 0 bridgehead atoms. The Balaban J connectivity index is 1.96. The Morgan fingerprint density at radius 1 is 1.04 bits per heavy atom. The van der Waals surface area contributed by atoms with Crippen molar-refractivity contribution in [2.24, 2.45) is 0 Å². The molecule has 9 heteroatoms. The Hall–Kier alpha value is -3.23. The van der Waals surface area contributed by atoms with E-state index in [2.05, 4.69) is 10.1 Å². The van der Waals surface area contributed by atoms with Gasteiger partial charge in [-0.3, -0.25) is 9.69 Å². The maximum Gasteiger partial charge on any atom is 0.422 e. The van der Waals surface area contributed by atoms with E-state index in [1.807, 2.05) is 0 Å². The Morgan fingerprint density at radius 2 is 1.64 bits per heavy atom. The zero-order valence-corrected chi connectivity index (χ0v) is 15.2. The number of halogens is 3. The van der Waals surface area contributed by atoms with Gasteiger partial charge in [-0.2, -0.15) is 13.2 Å². The molecule has 2 aromatic carbocycles. The molecule has 0 aliphatic carbocycles. The molecule has 0 aliphatic rings. The summed E-state index contributed by atoms with van der Waals surface area (Å²) in [5.74, 6) is -0.422. The van der Waals surface area contributed by atoms with E-state index >= 15 is 0 Å². The summed E-state index contributed by atoms with van der Waals surface area (Å²) in [6.45, 7) is 0.571. The molecule has 0 fully saturated rings. The molecule has 0 spiro atoms. The fourth-order valence-corrected chi connectivity index (χ4v) is 2.17. The van der Waals surface area contributed by atoms with Crippen LogP contribution in [0.5, 0.6) is 5.75 Å². The van der Waals surface area contributed by atoms with Crippen molar-refractivity contribution < 1.29 is 32.2 Å². The maximum absolute atomic E-state index is 12.2. The van der Waals surface area contributed by atoms with Crippen LogP contribution in [0.15, 0.2) is 48.5 Å². The second-order valence-electron chi connectivity index (χ2n) is 5.69. The van der Waals surface area contributed by atoms with Crippen LogP contribution in [0.25, 0.3) is 0 Å². The number of amides is 2. The van der Waals surface area contributed by atoms with E-state index in [4.69, 9.17) is 4.74 Å². The lowest BCUT2D eigenvalue weighted by Gasteiger charge is -2.17. The van der Waals surface area contributed by atoms with Crippen LogP contribution in [0.4, 0.5) is 29.3 Å². The van der Waals surface area contributed by atoms with Gasteiger partial charge in [0.1, 0.15) is 5.75 Å². The van der Waals surface area contributed by atoms with E-state index in [-0.39, 0.29) is 17.9 Å². The van der Waals surface area contributed by atoms with E-state index in [1.54, 1.807) is 38.2 Å². The largest absolute Gasteiger partial charge is 0.484 e. The number of hydrogen-bond donors (Lipinski definition) is 1. The van der Waals surface area contributed by atoms with Gasteiger partial charge in [0.05, 0.1) is 6.61 Å². The fraction of sp³-hybridized carbons (Fsp3) is 0.263. The van der Waals surface area contributed by atoms with Crippen LogP contribution < -0.4 is 15.0 Å². The average molecular weight is 396 g/mol. The minimum absolute atomic E-state index is 0.0141. The summed E-state index contributed by atoms with van der Waals surface area (Å²) < 4.78 is 45.9. The normalized spacial score (nSPS) is 10.9. The molecular formula is C19H19F3N2O4. The van der Waals surface area contributed by atoms with Gasteiger partial charge in [0.15, 0.2) is 6.61 Å². The molecule has 1 N–H and O–H groups in total. The number of anilines is 2. The quantitative estimate of drug-likeness (QED) is 0.782. The second kappa shape index (κ2) is 9.12. The monoisotopic (exact) mass is 396 g/mol. The molecule has 28 heavy (non-hydrogen) atoms. The molecule has 0 saturated carbocycles. The highest BCUT2D eigenvalue weighted by Crippen LogP contribution is 2.20. The topological polar surface area (TPSA) is 67.9 Å². The third kappa shape index (κ3) is 6.19. The number of rotatable bonds is 6. The highest BCUT2D eigenvalue weighted by molar-refractivity contribution is 6.04. The van der Waals surface area contributed by atoms with Crippen LogP contribution in [0.3, 0.4) is 0 Å². The van der Waals surface area contributed by atoms with Crippen molar-refractivity contribution in [3.63, 3.8) is 0 Å². The number of carbonyl (C=O) groups excluding carboxylic acids is 2. The summed E-state index contributed by atoms with van der Waals surface area (Å²) in [5, 5.41) is 2.66. The number of alkyl halides is 3. The van der Waals surface area contributed by atoms with Crippen molar-refractivity contribution in [1.82, 2.24) is 0 Å². The molecule has 0 saturated heterocycles. The highest BCUT2D eigenvalue weighted by atomic mass is 19.4. The summed E-state index contributed by atoms with van der Waals surface area (Å²) >= 11 is 0. The molecule has 150 valence electrons. The number of nitrogens with zero attached hydrogens (tertiary/aromatic N) is 1. The summed E-state index contributed by atoms with van der Waals surface area (Å²) in [4.78, 5) is 25.2. The Labute approximate surface area is 159 Å². The minimum Gasteiger partial charge on any atom is -0.484 e. The van der Waals surface area contributed by atoms with Crippen LogP contribution in [-0.2, 0) is 4.74 Å². The first-order valence-electron chi connectivity index (χ1n) is 8.31. The summed E-state index contributed by atoms with van der Waals surface area (Å²) in [6, 6.07) is 11.8. The lowest BCUT2D eigenvalue weighted by molar-refractivity contribution is -0.153. The molecule has 0 atom stereocenters. The first-order chi connectivity index (χ1) is 13.2. The zero-order chi connectivity index (χ0) is 20.7. The van der Waals surface area contributed by atoms with Gasteiger partial charge >= 0.3 is 12.3 Å². The number of nitrogens with one attached hydrogen (secondary N) is 1.